The van der Waals surface area contributed by atoms with Gasteiger partial charge in [0.05, 0.1) is 6.61 Å². The molecule has 0 amide bonds. The largest absolute Gasteiger partial charge is 0.460 e. The Morgan fingerprint density at radius 2 is 1.94 bits per heavy atom. The summed E-state index contributed by atoms with van der Waals surface area (Å²) in [7, 11) is 0. The van der Waals surface area contributed by atoms with Crippen molar-refractivity contribution in [3.05, 3.63) is 35.4 Å². The third kappa shape index (κ3) is 4.15. The highest BCUT2D eigenvalue weighted by Gasteiger charge is 2.20. The monoisotopic (exact) mass is 268 g/mol. The fourth-order valence-corrected chi connectivity index (χ4v) is 1.65. The fraction of sp³-hybridized carbons (Fsp3) is 0.429. The number of rotatable bonds is 6. The van der Waals surface area contributed by atoms with Crippen LogP contribution in [0.15, 0.2) is 24.3 Å². The lowest BCUT2D eigenvalue weighted by Gasteiger charge is -2.07. The van der Waals surface area contributed by atoms with E-state index in [0.29, 0.717) is 17.0 Å². The number of halogens is 1. The normalized spacial score (nSPS) is 10.4. The van der Waals surface area contributed by atoms with E-state index in [0.717, 1.165) is 6.42 Å². The summed E-state index contributed by atoms with van der Waals surface area (Å²) in [4.78, 5) is 23.4. The molecule has 1 aromatic rings. The van der Waals surface area contributed by atoms with Crippen LogP contribution in [-0.4, -0.2) is 18.4 Å². The maximum absolute atomic E-state index is 11.9. The van der Waals surface area contributed by atoms with Crippen LogP contribution in [0.3, 0.4) is 0 Å². The van der Waals surface area contributed by atoms with Crippen molar-refractivity contribution in [2.24, 2.45) is 5.92 Å². The van der Waals surface area contributed by atoms with Gasteiger partial charge in [-0.05, 0) is 17.9 Å². The van der Waals surface area contributed by atoms with Crippen LogP contribution in [0, 0.1) is 5.92 Å². The van der Waals surface area contributed by atoms with Gasteiger partial charge in [-0.3, -0.25) is 4.79 Å². The minimum atomic E-state index is -0.812. The number of ether oxygens (including phenoxy) is 1. The van der Waals surface area contributed by atoms with Crippen LogP contribution in [0.25, 0.3) is 0 Å². The maximum atomic E-state index is 11.9. The molecule has 4 heteroatoms. The average molecular weight is 269 g/mol. The first-order chi connectivity index (χ1) is 8.56. The van der Waals surface area contributed by atoms with Crippen molar-refractivity contribution in [1.82, 2.24) is 0 Å². The van der Waals surface area contributed by atoms with Crippen molar-refractivity contribution >= 4 is 23.4 Å². The molecule has 0 atom stereocenters. The summed E-state index contributed by atoms with van der Waals surface area (Å²) < 4.78 is 4.94. The van der Waals surface area contributed by atoms with E-state index in [1.54, 1.807) is 24.3 Å². The predicted molar refractivity (Wildman–Crippen MR) is 70.7 cm³/mol. The summed E-state index contributed by atoms with van der Waals surface area (Å²) in [6, 6.07) is 6.79. The Hall–Kier alpha value is -1.35. The molecule has 0 aliphatic rings. The highest BCUT2D eigenvalue weighted by molar-refractivity contribution is 6.41. The Labute approximate surface area is 112 Å². The SMILES string of the molecule is CC(C)CCOC(=O)C(=O)c1ccccc1CCl. The van der Waals surface area contributed by atoms with Crippen LogP contribution in [0.1, 0.15) is 36.2 Å². The maximum Gasteiger partial charge on any atom is 0.379 e. The Bertz CT molecular complexity index is 427. The van der Waals surface area contributed by atoms with Crippen LogP contribution in [0.5, 0.6) is 0 Å². The highest BCUT2D eigenvalue weighted by Crippen LogP contribution is 2.13. The topological polar surface area (TPSA) is 43.4 Å². The highest BCUT2D eigenvalue weighted by atomic mass is 35.5. The molecule has 0 bridgehead atoms. The van der Waals surface area contributed by atoms with Gasteiger partial charge < -0.3 is 4.74 Å². The van der Waals surface area contributed by atoms with Crippen LogP contribution < -0.4 is 0 Å². The summed E-state index contributed by atoms with van der Waals surface area (Å²) >= 11 is 5.72. The lowest BCUT2D eigenvalue weighted by Crippen LogP contribution is -2.20. The smallest absolute Gasteiger partial charge is 0.379 e. The number of carbonyl (C=O) groups is 2. The molecular weight excluding hydrogens is 252 g/mol. The van der Waals surface area contributed by atoms with Gasteiger partial charge in [-0.1, -0.05) is 38.1 Å². The Kier molecular flexibility index (Phi) is 5.86. The second-order valence-electron chi connectivity index (χ2n) is 4.44. The van der Waals surface area contributed by atoms with Gasteiger partial charge in [-0.25, -0.2) is 4.79 Å². The third-order valence-corrected chi connectivity index (χ3v) is 2.81. The van der Waals surface area contributed by atoms with Gasteiger partial charge in [0.2, 0.25) is 0 Å². The molecule has 98 valence electrons. The van der Waals surface area contributed by atoms with Gasteiger partial charge in [0.25, 0.3) is 5.78 Å². The number of Topliss-reactive ketones (excluding diaryl/α,β-unsaturated/α-hetero) is 1. The zero-order chi connectivity index (χ0) is 13.5. The number of hydrogen-bond acceptors (Lipinski definition) is 3. The van der Waals surface area contributed by atoms with E-state index in [2.05, 4.69) is 0 Å². The van der Waals surface area contributed by atoms with E-state index in [1.807, 2.05) is 13.8 Å². The fourth-order valence-electron chi connectivity index (χ4n) is 1.42. The minimum Gasteiger partial charge on any atom is -0.460 e. The minimum absolute atomic E-state index is 0.196. The number of benzene rings is 1. The number of ketones is 1. The summed E-state index contributed by atoms with van der Waals surface area (Å²) in [5.41, 5.74) is 0.965. The van der Waals surface area contributed by atoms with Crippen molar-refractivity contribution in [3.8, 4) is 0 Å². The number of carbonyl (C=O) groups excluding carboxylic acids is 2. The van der Waals surface area contributed by atoms with Crippen LogP contribution in [0.4, 0.5) is 0 Å². The Morgan fingerprint density at radius 3 is 2.56 bits per heavy atom. The van der Waals surface area contributed by atoms with E-state index in [9.17, 15) is 9.59 Å². The van der Waals surface area contributed by atoms with Crippen molar-refractivity contribution in [3.63, 3.8) is 0 Å². The quantitative estimate of drug-likeness (QED) is 0.344. The molecule has 0 saturated carbocycles. The first-order valence-corrected chi connectivity index (χ1v) is 6.45. The Morgan fingerprint density at radius 1 is 1.28 bits per heavy atom. The van der Waals surface area contributed by atoms with Gasteiger partial charge in [-0.15, -0.1) is 11.6 Å². The van der Waals surface area contributed by atoms with Crippen molar-refractivity contribution in [2.75, 3.05) is 6.61 Å². The first-order valence-electron chi connectivity index (χ1n) is 5.91. The predicted octanol–water partition coefficient (Wildman–Crippen LogP) is 3.20. The van der Waals surface area contributed by atoms with Crippen molar-refractivity contribution < 1.29 is 14.3 Å². The zero-order valence-corrected chi connectivity index (χ0v) is 11.4. The van der Waals surface area contributed by atoms with E-state index in [4.69, 9.17) is 16.3 Å². The molecule has 0 aliphatic heterocycles. The van der Waals surface area contributed by atoms with E-state index < -0.39 is 11.8 Å². The lowest BCUT2D eigenvalue weighted by molar-refractivity contribution is -0.138. The summed E-state index contributed by atoms with van der Waals surface area (Å²) in [5.74, 6) is -0.812. The molecular formula is C14H17ClO3. The summed E-state index contributed by atoms with van der Waals surface area (Å²) in [6.45, 7) is 4.32. The molecule has 0 radical (unpaired) electrons. The van der Waals surface area contributed by atoms with Gasteiger partial charge >= 0.3 is 5.97 Å². The molecule has 1 aromatic carbocycles. The molecule has 3 nitrogen and oxygen atoms in total. The molecule has 0 aromatic heterocycles. The van der Waals surface area contributed by atoms with Crippen LogP contribution in [-0.2, 0) is 15.4 Å². The second kappa shape index (κ2) is 7.17. The second-order valence-corrected chi connectivity index (χ2v) is 4.71. The lowest BCUT2D eigenvalue weighted by atomic mass is 10.1. The zero-order valence-electron chi connectivity index (χ0n) is 10.6. The molecule has 1 rings (SSSR count). The average Bonchev–Trinajstić information content (AvgIpc) is 2.37. The molecule has 0 fully saturated rings. The molecule has 0 unspecified atom stereocenters. The third-order valence-electron chi connectivity index (χ3n) is 2.52. The molecule has 0 spiro atoms. The van der Waals surface area contributed by atoms with E-state index in [1.165, 1.54) is 0 Å². The van der Waals surface area contributed by atoms with Crippen LogP contribution >= 0.6 is 11.6 Å². The van der Waals surface area contributed by atoms with E-state index in [-0.39, 0.29) is 12.5 Å². The number of esters is 1. The molecule has 0 aliphatic carbocycles. The molecule has 0 saturated heterocycles. The number of alkyl halides is 1. The number of hydrogen-bond donors (Lipinski definition) is 0. The Balaban J connectivity index is 2.66. The molecule has 0 heterocycles. The summed E-state index contributed by atoms with van der Waals surface area (Å²) in [6.07, 6.45) is 0.746. The molecule has 0 N–H and O–H groups in total. The van der Waals surface area contributed by atoms with Crippen molar-refractivity contribution in [2.45, 2.75) is 26.1 Å². The van der Waals surface area contributed by atoms with Gasteiger partial charge in [0.1, 0.15) is 0 Å². The van der Waals surface area contributed by atoms with Crippen molar-refractivity contribution in [1.29, 1.82) is 0 Å². The standard InChI is InChI=1S/C14H17ClO3/c1-10(2)7-8-18-14(17)13(16)12-6-4-3-5-11(12)9-15/h3-6,10H,7-9H2,1-2H3. The first kappa shape index (κ1) is 14.7. The van der Waals surface area contributed by atoms with Gasteiger partial charge in [0, 0.05) is 11.4 Å². The van der Waals surface area contributed by atoms with Gasteiger partial charge in [-0.2, -0.15) is 0 Å². The van der Waals surface area contributed by atoms with Gasteiger partial charge in [0.15, 0.2) is 0 Å². The molecule has 18 heavy (non-hydrogen) atoms. The van der Waals surface area contributed by atoms with E-state index >= 15 is 0 Å². The van der Waals surface area contributed by atoms with Crippen LogP contribution in [0.2, 0.25) is 0 Å². The summed E-state index contributed by atoms with van der Waals surface area (Å²) in [5, 5.41) is 0.